The second kappa shape index (κ2) is 9.98. The summed E-state index contributed by atoms with van der Waals surface area (Å²) < 4.78 is 1.08. The highest BCUT2D eigenvalue weighted by atomic mass is 32.2. The monoisotopic (exact) mass is 457 g/mol. The third-order valence-corrected chi connectivity index (χ3v) is 4.80. The zero-order valence-corrected chi connectivity index (χ0v) is 16.9. The van der Waals surface area contributed by atoms with Crippen molar-refractivity contribution in [2.24, 2.45) is 5.10 Å². The van der Waals surface area contributed by atoms with Crippen molar-refractivity contribution < 1.29 is 14.6 Å². The van der Waals surface area contributed by atoms with E-state index in [-0.39, 0.29) is 33.9 Å². The van der Waals surface area contributed by atoms with Crippen molar-refractivity contribution in [2.45, 2.75) is 5.16 Å². The van der Waals surface area contributed by atoms with E-state index in [2.05, 4.69) is 26.0 Å². The lowest BCUT2D eigenvalue weighted by Crippen LogP contribution is -2.17. The molecule has 2 aromatic carbocycles. The SMILES string of the molecule is Nn1c(N/N=C/c2ccc([N+](=O)[O-])cc2)nnc1SCC(=O)Nc1ccccc1[N+](=O)[O-]. The van der Waals surface area contributed by atoms with Gasteiger partial charge in [0.25, 0.3) is 17.3 Å². The number of hydrazone groups is 1. The Hall–Kier alpha value is -4.53. The third kappa shape index (κ3) is 5.54. The van der Waals surface area contributed by atoms with Crippen molar-refractivity contribution in [3.63, 3.8) is 0 Å². The fourth-order valence-electron chi connectivity index (χ4n) is 2.35. The first kappa shape index (κ1) is 22.2. The first-order chi connectivity index (χ1) is 15.3. The molecule has 0 spiro atoms. The van der Waals surface area contributed by atoms with E-state index in [1.165, 1.54) is 48.7 Å². The highest BCUT2D eigenvalue weighted by molar-refractivity contribution is 7.99. The predicted octanol–water partition coefficient (Wildman–Crippen LogP) is 1.99. The van der Waals surface area contributed by atoms with Gasteiger partial charge in [0, 0.05) is 18.2 Å². The van der Waals surface area contributed by atoms with Gasteiger partial charge in [-0.1, -0.05) is 23.9 Å². The van der Waals surface area contributed by atoms with Crippen molar-refractivity contribution in [3.8, 4) is 0 Å². The van der Waals surface area contributed by atoms with Gasteiger partial charge in [-0.15, -0.1) is 10.2 Å². The number of aromatic nitrogens is 3. The molecule has 164 valence electrons. The topological polar surface area (TPSA) is 196 Å². The number of non-ortho nitro benzene ring substituents is 1. The maximum atomic E-state index is 12.1. The van der Waals surface area contributed by atoms with Crippen LogP contribution in [0.15, 0.2) is 58.8 Å². The van der Waals surface area contributed by atoms with Crippen LogP contribution in [-0.4, -0.2) is 42.6 Å². The molecule has 0 saturated carbocycles. The quantitative estimate of drug-likeness (QED) is 0.140. The molecule has 1 amide bonds. The number of carbonyl (C=O) groups excluding carboxylic acids is 1. The molecule has 32 heavy (non-hydrogen) atoms. The second-order valence-corrected chi connectivity index (χ2v) is 6.95. The fourth-order valence-corrected chi connectivity index (χ4v) is 3.01. The number of nitro benzene ring substituents is 2. The zero-order valence-electron chi connectivity index (χ0n) is 16.1. The number of nitrogens with zero attached hydrogens (tertiary/aromatic N) is 6. The Bertz CT molecular complexity index is 1180. The minimum Gasteiger partial charge on any atom is -0.334 e. The molecule has 0 aliphatic rings. The maximum absolute atomic E-state index is 12.1. The number of hydrogen-bond acceptors (Lipinski definition) is 11. The van der Waals surface area contributed by atoms with Gasteiger partial charge in [-0.25, -0.2) is 10.1 Å². The van der Waals surface area contributed by atoms with Crippen molar-refractivity contribution in [1.29, 1.82) is 0 Å². The van der Waals surface area contributed by atoms with Crippen LogP contribution in [0.25, 0.3) is 0 Å². The van der Waals surface area contributed by atoms with Crippen molar-refractivity contribution in [2.75, 3.05) is 22.3 Å². The van der Waals surface area contributed by atoms with Gasteiger partial charge < -0.3 is 11.2 Å². The van der Waals surface area contributed by atoms with E-state index < -0.39 is 15.8 Å². The van der Waals surface area contributed by atoms with E-state index in [0.717, 1.165) is 16.4 Å². The van der Waals surface area contributed by atoms with Crippen LogP contribution in [0.4, 0.5) is 23.0 Å². The second-order valence-electron chi connectivity index (χ2n) is 6.01. The van der Waals surface area contributed by atoms with Crippen LogP contribution in [0.2, 0.25) is 0 Å². The minimum atomic E-state index is -0.589. The normalized spacial score (nSPS) is 10.8. The van der Waals surface area contributed by atoms with Crippen LogP contribution in [-0.2, 0) is 4.79 Å². The van der Waals surface area contributed by atoms with Gasteiger partial charge >= 0.3 is 0 Å². The first-order valence-corrected chi connectivity index (χ1v) is 9.74. The molecule has 3 rings (SSSR count). The Morgan fingerprint density at radius 3 is 2.53 bits per heavy atom. The fraction of sp³-hybridized carbons (Fsp3) is 0.0588. The number of nitrogens with one attached hydrogen (secondary N) is 2. The van der Waals surface area contributed by atoms with E-state index in [9.17, 15) is 25.0 Å². The van der Waals surface area contributed by atoms with Gasteiger partial charge in [0.2, 0.25) is 11.1 Å². The number of para-hydroxylation sites is 2. The molecule has 0 fully saturated rings. The molecule has 3 aromatic rings. The number of nitro groups is 2. The number of hydrogen-bond donors (Lipinski definition) is 3. The summed E-state index contributed by atoms with van der Waals surface area (Å²) in [6.45, 7) is 0. The molecule has 0 radical (unpaired) electrons. The highest BCUT2D eigenvalue weighted by Crippen LogP contribution is 2.24. The molecule has 0 aliphatic heterocycles. The molecule has 0 bridgehead atoms. The molecule has 0 saturated heterocycles. The molecular weight excluding hydrogens is 442 g/mol. The number of rotatable bonds is 9. The Morgan fingerprint density at radius 2 is 1.84 bits per heavy atom. The highest BCUT2D eigenvalue weighted by Gasteiger charge is 2.16. The summed E-state index contributed by atoms with van der Waals surface area (Å²) in [4.78, 5) is 32.7. The first-order valence-electron chi connectivity index (χ1n) is 8.75. The summed E-state index contributed by atoms with van der Waals surface area (Å²) in [5, 5.41) is 35.9. The van der Waals surface area contributed by atoms with Crippen LogP contribution in [0.1, 0.15) is 5.56 Å². The third-order valence-electron chi connectivity index (χ3n) is 3.85. The predicted molar refractivity (Wildman–Crippen MR) is 117 cm³/mol. The van der Waals surface area contributed by atoms with Crippen LogP contribution >= 0.6 is 11.8 Å². The zero-order chi connectivity index (χ0) is 23.1. The summed E-state index contributed by atoms with van der Waals surface area (Å²) >= 11 is 0.970. The van der Waals surface area contributed by atoms with Crippen LogP contribution in [0.5, 0.6) is 0 Å². The average Bonchev–Trinajstić information content (AvgIpc) is 3.12. The lowest BCUT2D eigenvalue weighted by atomic mass is 10.2. The van der Waals surface area contributed by atoms with Gasteiger partial charge in [-0.05, 0) is 23.8 Å². The van der Waals surface area contributed by atoms with Crippen LogP contribution in [0, 0.1) is 20.2 Å². The number of carbonyl (C=O) groups is 1. The van der Waals surface area contributed by atoms with Gasteiger partial charge in [0.1, 0.15) is 5.69 Å². The lowest BCUT2D eigenvalue weighted by molar-refractivity contribution is -0.384. The summed E-state index contributed by atoms with van der Waals surface area (Å²) in [6, 6.07) is 11.5. The van der Waals surface area contributed by atoms with E-state index in [4.69, 9.17) is 5.84 Å². The Balaban J connectivity index is 1.55. The number of nitrogen functional groups attached to an aromatic ring is 1. The van der Waals surface area contributed by atoms with Gasteiger partial charge in [-0.3, -0.25) is 25.0 Å². The Kier molecular flexibility index (Phi) is 6.92. The van der Waals surface area contributed by atoms with E-state index in [1.807, 2.05) is 0 Å². The Morgan fingerprint density at radius 1 is 1.12 bits per heavy atom. The van der Waals surface area contributed by atoms with Crippen molar-refractivity contribution in [1.82, 2.24) is 14.9 Å². The molecule has 0 aliphatic carbocycles. The van der Waals surface area contributed by atoms with Gasteiger partial charge in [-0.2, -0.15) is 5.10 Å². The molecule has 1 heterocycles. The number of nitrogens with two attached hydrogens (primary N) is 1. The smallest absolute Gasteiger partial charge is 0.292 e. The van der Waals surface area contributed by atoms with E-state index in [1.54, 1.807) is 6.07 Å². The van der Waals surface area contributed by atoms with Crippen LogP contribution in [0.3, 0.4) is 0 Å². The average molecular weight is 457 g/mol. The molecule has 15 heteroatoms. The van der Waals surface area contributed by atoms with Crippen molar-refractivity contribution in [3.05, 3.63) is 74.3 Å². The van der Waals surface area contributed by atoms with Crippen molar-refractivity contribution >= 4 is 46.9 Å². The number of anilines is 2. The number of thioether (sulfide) groups is 1. The minimum absolute atomic E-state index is 0.0376. The molecule has 1 aromatic heterocycles. The Labute approximate surface area is 183 Å². The molecule has 0 atom stereocenters. The van der Waals surface area contributed by atoms with Gasteiger partial charge in [0.05, 0.1) is 21.8 Å². The number of benzene rings is 2. The van der Waals surface area contributed by atoms with Gasteiger partial charge in [0.15, 0.2) is 0 Å². The lowest BCUT2D eigenvalue weighted by Gasteiger charge is -2.05. The molecular formula is C17H15N9O5S. The molecule has 4 N–H and O–H groups in total. The summed E-state index contributed by atoms with van der Waals surface area (Å²) in [7, 11) is 0. The molecule has 14 nitrogen and oxygen atoms in total. The summed E-state index contributed by atoms with van der Waals surface area (Å²) in [5.74, 6) is 5.36. The summed E-state index contributed by atoms with van der Waals surface area (Å²) in [5.41, 5.74) is 3.01. The largest absolute Gasteiger partial charge is 0.334 e. The van der Waals surface area contributed by atoms with Crippen LogP contribution < -0.4 is 16.6 Å². The standard InChI is InChI=1S/C17H15N9O5S/c18-24-16(21-19-9-11-5-7-12(8-6-11)25(28)29)22-23-17(24)32-10-15(27)20-13-3-1-2-4-14(13)26(30)31/h1-9H,10,18H2,(H,20,27)(H,21,22)/b19-9+. The maximum Gasteiger partial charge on any atom is 0.292 e. The van der Waals surface area contributed by atoms with E-state index >= 15 is 0 Å². The van der Waals surface area contributed by atoms with E-state index in [0.29, 0.717) is 5.56 Å². The molecule has 0 unspecified atom stereocenters. The summed E-state index contributed by atoms with van der Waals surface area (Å²) in [6.07, 6.45) is 1.41. The number of amides is 1.